The maximum atomic E-state index is 11.7. The molecular formula is C15H18N2O2S. The van der Waals surface area contributed by atoms with Gasteiger partial charge in [-0.25, -0.2) is 4.98 Å². The third-order valence-corrected chi connectivity index (χ3v) is 3.81. The largest absolute Gasteiger partial charge is 0.394 e. The van der Waals surface area contributed by atoms with Gasteiger partial charge in [-0.15, -0.1) is 11.3 Å². The van der Waals surface area contributed by atoms with E-state index in [4.69, 9.17) is 5.11 Å². The first-order chi connectivity index (χ1) is 9.58. The lowest BCUT2D eigenvalue weighted by molar-refractivity contribution is -0.121. The van der Waals surface area contributed by atoms with Crippen LogP contribution in [-0.2, 0) is 11.2 Å². The van der Waals surface area contributed by atoms with Crippen LogP contribution in [0.3, 0.4) is 0 Å². The number of hydrogen-bond acceptors (Lipinski definition) is 4. The number of rotatable bonds is 5. The van der Waals surface area contributed by atoms with Gasteiger partial charge in [0.2, 0.25) is 5.91 Å². The molecule has 0 bridgehead atoms. The molecule has 1 unspecified atom stereocenters. The van der Waals surface area contributed by atoms with Crippen LogP contribution < -0.4 is 5.32 Å². The highest BCUT2D eigenvalue weighted by Crippen LogP contribution is 2.24. The molecule has 0 aliphatic heterocycles. The Morgan fingerprint density at radius 3 is 2.75 bits per heavy atom. The summed E-state index contributed by atoms with van der Waals surface area (Å²) in [6.07, 6.45) is 0.243. The summed E-state index contributed by atoms with van der Waals surface area (Å²) in [7, 11) is 0. The molecule has 1 atom stereocenters. The van der Waals surface area contributed by atoms with Crippen molar-refractivity contribution in [3.8, 4) is 10.6 Å². The van der Waals surface area contributed by atoms with Gasteiger partial charge in [-0.3, -0.25) is 4.79 Å². The highest BCUT2D eigenvalue weighted by molar-refractivity contribution is 7.13. The van der Waals surface area contributed by atoms with E-state index in [9.17, 15) is 4.79 Å². The molecule has 1 aromatic carbocycles. The quantitative estimate of drug-likeness (QED) is 0.887. The van der Waals surface area contributed by atoms with Gasteiger partial charge in [0.05, 0.1) is 18.7 Å². The van der Waals surface area contributed by atoms with Gasteiger partial charge >= 0.3 is 0 Å². The molecule has 20 heavy (non-hydrogen) atoms. The smallest absolute Gasteiger partial charge is 0.226 e. The summed E-state index contributed by atoms with van der Waals surface area (Å²) >= 11 is 1.53. The van der Waals surface area contributed by atoms with Crippen molar-refractivity contribution in [3.05, 3.63) is 40.9 Å². The summed E-state index contributed by atoms with van der Waals surface area (Å²) < 4.78 is 0. The Labute approximate surface area is 122 Å². The Balaban J connectivity index is 2.02. The normalized spacial score (nSPS) is 12.2. The van der Waals surface area contributed by atoms with Gasteiger partial charge in [0.15, 0.2) is 0 Å². The van der Waals surface area contributed by atoms with E-state index >= 15 is 0 Å². The van der Waals surface area contributed by atoms with Crippen LogP contribution in [0, 0.1) is 6.92 Å². The fourth-order valence-electron chi connectivity index (χ4n) is 1.75. The average molecular weight is 290 g/mol. The maximum absolute atomic E-state index is 11.7. The van der Waals surface area contributed by atoms with Crippen LogP contribution in [0.15, 0.2) is 29.6 Å². The number of hydrogen-bond donors (Lipinski definition) is 2. The van der Waals surface area contributed by atoms with E-state index in [0.717, 1.165) is 16.3 Å². The molecule has 1 heterocycles. The van der Waals surface area contributed by atoms with Gasteiger partial charge in [0.1, 0.15) is 5.01 Å². The first kappa shape index (κ1) is 14.7. The van der Waals surface area contributed by atoms with E-state index in [-0.39, 0.29) is 25.0 Å². The van der Waals surface area contributed by atoms with E-state index in [1.165, 1.54) is 16.9 Å². The molecule has 1 amide bonds. The van der Waals surface area contributed by atoms with Crippen molar-refractivity contribution in [1.82, 2.24) is 10.3 Å². The predicted octanol–water partition coefficient (Wildman–Crippen LogP) is 2.16. The summed E-state index contributed by atoms with van der Waals surface area (Å²) in [6.45, 7) is 3.75. The summed E-state index contributed by atoms with van der Waals surface area (Å²) in [5.74, 6) is -0.118. The fourth-order valence-corrected chi connectivity index (χ4v) is 2.58. The molecule has 0 radical (unpaired) electrons. The number of carbonyl (C=O) groups is 1. The molecule has 0 saturated heterocycles. The Bertz CT molecular complexity index is 578. The highest BCUT2D eigenvalue weighted by atomic mass is 32.1. The zero-order valence-electron chi connectivity index (χ0n) is 11.6. The van der Waals surface area contributed by atoms with Crippen molar-refractivity contribution in [1.29, 1.82) is 0 Å². The minimum absolute atomic E-state index is 0.0581. The number of aliphatic hydroxyl groups excluding tert-OH is 1. The van der Waals surface area contributed by atoms with E-state index < -0.39 is 0 Å². The Kier molecular flexibility index (Phi) is 4.87. The zero-order chi connectivity index (χ0) is 14.5. The lowest BCUT2D eigenvalue weighted by Gasteiger charge is -2.09. The maximum Gasteiger partial charge on any atom is 0.226 e. The molecule has 0 spiro atoms. The first-order valence-electron chi connectivity index (χ1n) is 6.50. The molecule has 106 valence electrons. The molecular weight excluding hydrogens is 272 g/mol. The van der Waals surface area contributed by atoms with Crippen LogP contribution in [0.5, 0.6) is 0 Å². The third kappa shape index (κ3) is 3.88. The van der Waals surface area contributed by atoms with Crippen LogP contribution in [0.4, 0.5) is 0 Å². The second kappa shape index (κ2) is 6.63. The van der Waals surface area contributed by atoms with Gasteiger partial charge in [-0.05, 0) is 13.8 Å². The summed E-state index contributed by atoms with van der Waals surface area (Å²) in [5, 5.41) is 14.4. The number of aromatic nitrogens is 1. The fraction of sp³-hybridized carbons (Fsp3) is 0.333. The van der Waals surface area contributed by atoms with Crippen LogP contribution >= 0.6 is 11.3 Å². The molecule has 2 rings (SSSR count). The van der Waals surface area contributed by atoms with E-state index in [0.29, 0.717) is 0 Å². The molecule has 0 aliphatic carbocycles. The van der Waals surface area contributed by atoms with Crippen LogP contribution in [0.25, 0.3) is 10.6 Å². The molecule has 2 aromatic rings. The van der Waals surface area contributed by atoms with Crippen LogP contribution in [-0.4, -0.2) is 28.6 Å². The number of carbonyl (C=O) groups excluding carboxylic acids is 1. The van der Waals surface area contributed by atoms with Crippen LogP contribution in [0.2, 0.25) is 0 Å². The van der Waals surface area contributed by atoms with Crippen LogP contribution in [0.1, 0.15) is 18.2 Å². The zero-order valence-corrected chi connectivity index (χ0v) is 12.4. The second-order valence-electron chi connectivity index (χ2n) is 4.84. The van der Waals surface area contributed by atoms with Crippen molar-refractivity contribution in [2.24, 2.45) is 0 Å². The Hall–Kier alpha value is -1.72. The molecule has 5 heteroatoms. The molecule has 1 aromatic heterocycles. The average Bonchev–Trinajstić information content (AvgIpc) is 2.87. The van der Waals surface area contributed by atoms with E-state index in [1.54, 1.807) is 6.92 Å². The molecule has 0 saturated carbocycles. The lowest BCUT2D eigenvalue weighted by atomic mass is 10.2. The van der Waals surface area contributed by atoms with Crippen molar-refractivity contribution in [3.63, 3.8) is 0 Å². The topological polar surface area (TPSA) is 62.2 Å². The van der Waals surface area contributed by atoms with Gasteiger partial charge < -0.3 is 10.4 Å². The minimum Gasteiger partial charge on any atom is -0.394 e. The monoisotopic (exact) mass is 290 g/mol. The standard InChI is InChI=1S/C15H18N2O2S/c1-10-3-5-12(6-4-10)15-17-13(9-20-15)7-14(19)16-11(2)8-18/h3-6,9,11,18H,7-8H2,1-2H3,(H,16,19). The van der Waals surface area contributed by atoms with Gasteiger partial charge in [-0.1, -0.05) is 29.8 Å². The van der Waals surface area contributed by atoms with Gasteiger partial charge in [-0.2, -0.15) is 0 Å². The minimum atomic E-state index is -0.224. The van der Waals surface area contributed by atoms with E-state index in [2.05, 4.69) is 10.3 Å². The number of nitrogens with zero attached hydrogens (tertiary/aromatic N) is 1. The molecule has 4 nitrogen and oxygen atoms in total. The Morgan fingerprint density at radius 2 is 2.10 bits per heavy atom. The van der Waals surface area contributed by atoms with Crippen molar-refractivity contribution in [2.45, 2.75) is 26.3 Å². The summed E-state index contributed by atoms with van der Waals surface area (Å²) in [5.41, 5.74) is 3.03. The lowest BCUT2D eigenvalue weighted by Crippen LogP contribution is -2.36. The second-order valence-corrected chi connectivity index (χ2v) is 5.70. The SMILES string of the molecule is Cc1ccc(-c2nc(CC(=O)NC(C)CO)cs2)cc1. The number of benzene rings is 1. The van der Waals surface area contributed by atoms with Crippen molar-refractivity contribution < 1.29 is 9.90 Å². The number of aryl methyl sites for hydroxylation is 1. The number of amides is 1. The predicted molar refractivity (Wildman–Crippen MR) is 80.7 cm³/mol. The number of aliphatic hydroxyl groups is 1. The molecule has 0 aliphatic rings. The molecule has 2 N–H and O–H groups in total. The van der Waals surface area contributed by atoms with Crippen molar-refractivity contribution in [2.75, 3.05) is 6.61 Å². The molecule has 0 fully saturated rings. The van der Waals surface area contributed by atoms with E-state index in [1.807, 2.05) is 36.6 Å². The van der Waals surface area contributed by atoms with Crippen molar-refractivity contribution >= 4 is 17.2 Å². The first-order valence-corrected chi connectivity index (χ1v) is 7.38. The van der Waals surface area contributed by atoms with Gasteiger partial charge in [0, 0.05) is 17.0 Å². The summed E-state index contributed by atoms with van der Waals surface area (Å²) in [4.78, 5) is 16.2. The highest BCUT2D eigenvalue weighted by Gasteiger charge is 2.10. The van der Waals surface area contributed by atoms with Gasteiger partial charge in [0.25, 0.3) is 0 Å². The number of thiazole rings is 1. The third-order valence-electron chi connectivity index (χ3n) is 2.87. The Morgan fingerprint density at radius 1 is 1.40 bits per heavy atom. The number of nitrogens with one attached hydrogen (secondary N) is 1. The summed E-state index contributed by atoms with van der Waals surface area (Å²) in [6, 6.07) is 7.94.